The second-order valence-corrected chi connectivity index (χ2v) is 5.03. The van der Waals surface area contributed by atoms with Crippen LogP contribution in [0.5, 0.6) is 5.75 Å². The fourth-order valence-electron chi connectivity index (χ4n) is 2.28. The van der Waals surface area contributed by atoms with Crippen molar-refractivity contribution in [2.24, 2.45) is 5.92 Å². The van der Waals surface area contributed by atoms with Crippen LogP contribution in [0.25, 0.3) is 6.08 Å². The van der Waals surface area contributed by atoms with E-state index in [0.29, 0.717) is 12.5 Å². The average Bonchev–Trinajstić information content (AvgIpc) is 2.45. The smallest absolute Gasteiger partial charge is 0.328 e. The van der Waals surface area contributed by atoms with Crippen LogP contribution < -0.4 is 4.74 Å². The summed E-state index contributed by atoms with van der Waals surface area (Å²) in [5.41, 5.74) is 1.82. The van der Waals surface area contributed by atoms with Crippen molar-refractivity contribution < 1.29 is 19.4 Å². The number of para-hydroxylation sites is 1. The molecule has 1 aliphatic rings. The summed E-state index contributed by atoms with van der Waals surface area (Å²) < 4.78 is 11.3. The maximum absolute atomic E-state index is 10.6. The maximum atomic E-state index is 10.6. The van der Waals surface area contributed by atoms with Crippen molar-refractivity contribution in [3.05, 3.63) is 35.4 Å². The molecule has 1 N–H and O–H groups in total. The van der Waals surface area contributed by atoms with Gasteiger partial charge in [-0.3, -0.25) is 0 Å². The Morgan fingerprint density at radius 2 is 2.20 bits per heavy atom. The molecule has 0 saturated carbocycles. The van der Waals surface area contributed by atoms with Crippen LogP contribution in [0.15, 0.2) is 24.3 Å². The number of aliphatic carboxylic acids is 1. The Hall–Kier alpha value is -1.81. The van der Waals surface area contributed by atoms with E-state index in [0.717, 1.165) is 49.0 Å². The minimum absolute atomic E-state index is 0.514. The van der Waals surface area contributed by atoms with Crippen LogP contribution in [-0.2, 0) is 9.53 Å². The Morgan fingerprint density at radius 1 is 1.45 bits per heavy atom. The highest BCUT2D eigenvalue weighted by Gasteiger charge is 2.15. The van der Waals surface area contributed by atoms with E-state index in [9.17, 15) is 4.79 Å². The number of ether oxygens (including phenoxy) is 2. The highest BCUT2D eigenvalue weighted by atomic mass is 16.5. The monoisotopic (exact) mass is 276 g/mol. The molecule has 0 spiro atoms. The minimum atomic E-state index is -0.957. The zero-order valence-electron chi connectivity index (χ0n) is 11.7. The standard InChI is InChI=1S/C16H20O4/c1-12-3-2-4-14(5-6-15(17)18)16(12)20-11-13-7-9-19-10-8-13/h2-6,13H,7-11H2,1H3,(H,17,18)/b6-5+. The summed E-state index contributed by atoms with van der Waals surface area (Å²) in [6.45, 7) is 4.22. The van der Waals surface area contributed by atoms with Gasteiger partial charge in [-0.25, -0.2) is 4.79 Å². The molecule has 0 unspecified atom stereocenters. The third-order valence-corrected chi connectivity index (χ3v) is 3.45. The van der Waals surface area contributed by atoms with Gasteiger partial charge in [0, 0.05) is 24.9 Å². The molecular formula is C16H20O4. The van der Waals surface area contributed by atoms with E-state index in [1.54, 1.807) is 6.08 Å². The van der Waals surface area contributed by atoms with Gasteiger partial charge in [-0.1, -0.05) is 18.2 Å². The van der Waals surface area contributed by atoms with Crippen molar-refractivity contribution in [3.8, 4) is 5.75 Å². The van der Waals surface area contributed by atoms with Gasteiger partial charge >= 0.3 is 5.97 Å². The quantitative estimate of drug-likeness (QED) is 0.840. The van der Waals surface area contributed by atoms with Crippen molar-refractivity contribution in [1.29, 1.82) is 0 Å². The van der Waals surface area contributed by atoms with E-state index < -0.39 is 5.97 Å². The van der Waals surface area contributed by atoms with Crippen LogP contribution in [0.1, 0.15) is 24.0 Å². The number of aryl methyl sites for hydroxylation is 1. The Labute approximate surface area is 119 Å². The molecule has 0 radical (unpaired) electrons. The molecule has 108 valence electrons. The summed E-state index contributed by atoms with van der Waals surface area (Å²) in [5, 5.41) is 8.73. The van der Waals surface area contributed by atoms with E-state index >= 15 is 0 Å². The lowest BCUT2D eigenvalue weighted by atomic mass is 10.0. The van der Waals surface area contributed by atoms with Crippen molar-refractivity contribution in [1.82, 2.24) is 0 Å². The normalized spacial score (nSPS) is 16.4. The van der Waals surface area contributed by atoms with Gasteiger partial charge in [0.2, 0.25) is 0 Å². The molecule has 1 saturated heterocycles. The lowest BCUT2D eigenvalue weighted by molar-refractivity contribution is -0.131. The average molecular weight is 276 g/mol. The predicted molar refractivity (Wildman–Crippen MR) is 76.9 cm³/mol. The first-order valence-corrected chi connectivity index (χ1v) is 6.88. The fourth-order valence-corrected chi connectivity index (χ4v) is 2.28. The molecule has 0 bridgehead atoms. The molecule has 0 amide bonds. The topological polar surface area (TPSA) is 55.8 Å². The minimum Gasteiger partial charge on any atom is -0.492 e. The molecular weight excluding hydrogens is 256 g/mol. The summed E-state index contributed by atoms with van der Waals surface area (Å²) >= 11 is 0. The van der Waals surface area contributed by atoms with Crippen LogP contribution in [0.2, 0.25) is 0 Å². The van der Waals surface area contributed by atoms with Gasteiger partial charge in [0.15, 0.2) is 0 Å². The summed E-state index contributed by atoms with van der Waals surface area (Å²) in [5.74, 6) is 0.332. The maximum Gasteiger partial charge on any atom is 0.328 e. The molecule has 0 aromatic heterocycles. The second kappa shape index (κ2) is 7.10. The van der Waals surface area contributed by atoms with Crippen LogP contribution in [-0.4, -0.2) is 30.9 Å². The summed E-state index contributed by atoms with van der Waals surface area (Å²) in [6, 6.07) is 5.74. The molecule has 4 heteroatoms. The first-order valence-electron chi connectivity index (χ1n) is 6.88. The zero-order chi connectivity index (χ0) is 14.4. The van der Waals surface area contributed by atoms with Gasteiger partial charge in [0.25, 0.3) is 0 Å². The number of rotatable bonds is 5. The number of carbonyl (C=O) groups is 1. The van der Waals surface area contributed by atoms with Crippen LogP contribution in [0.4, 0.5) is 0 Å². The zero-order valence-corrected chi connectivity index (χ0v) is 11.7. The highest BCUT2D eigenvalue weighted by molar-refractivity contribution is 5.86. The first kappa shape index (κ1) is 14.6. The molecule has 1 aliphatic heterocycles. The molecule has 4 nitrogen and oxygen atoms in total. The Balaban J connectivity index is 2.06. The van der Waals surface area contributed by atoms with Crippen LogP contribution in [0, 0.1) is 12.8 Å². The summed E-state index contributed by atoms with van der Waals surface area (Å²) in [4.78, 5) is 10.6. The third kappa shape index (κ3) is 4.10. The predicted octanol–water partition coefficient (Wildman–Crippen LogP) is 2.90. The number of carboxylic acids is 1. The Bertz CT molecular complexity index is 487. The molecule has 1 aromatic rings. The lowest BCUT2D eigenvalue weighted by Gasteiger charge is -2.23. The lowest BCUT2D eigenvalue weighted by Crippen LogP contribution is -2.21. The van der Waals surface area contributed by atoms with Crippen LogP contribution in [0.3, 0.4) is 0 Å². The molecule has 20 heavy (non-hydrogen) atoms. The van der Waals surface area contributed by atoms with E-state index in [-0.39, 0.29) is 0 Å². The van der Waals surface area contributed by atoms with E-state index in [1.807, 2.05) is 25.1 Å². The van der Waals surface area contributed by atoms with Crippen molar-refractivity contribution in [3.63, 3.8) is 0 Å². The van der Waals surface area contributed by atoms with Gasteiger partial charge < -0.3 is 14.6 Å². The van der Waals surface area contributed by atoms with E-state index in [2.05, 4.69) is 0 Å². The Kier molecular flexibility index (Phi) is 5.18. The van der Waals surface area contributed by atoms with Crippen molar-refractivity contribution in [2.45, 2.75) is 19.8 Å². The van der Waals surface area contributed by atoms with Gasteiger partial charge in [-0.2, -0.15) is 0 Å². The summed E-state index contributed by atoms with van der Waals surface area (Å²) in [7, 11) is 0. The molecule has 2 rings (SSSR count). The van der Waals surface area contributed by atoms with Gasteiger partial charge in [-0.15, -0.1) is 0 Å². The number of hydrogen-bond donors (Lipinski definition) is 1. The second-order valence-electron chi connectivity index (χ2n) is 5.03. The summed E-state index contributed by atoms with van der Waals surface area (Å²) in [6.07, 6.45) is 4.75. The fraction of sp³-hybridized carbons (Fsp3) is 0.438. The molecule has 0 atom stereocenters. The van der Waals surface area contributed by atoms with E-state index in [4.69, 9.17) is 14.6 Å². The molecule has 0 aliphatic carbocycles. The first-order chi connectivity index (χ1) is 9.66. The molecule has 1 heterocycles. The van der Waals surface area contributed by atoms with Gasteiger partial charge in [0.1, 0.15) is 5.75 Å². The van der Waals surface area contributed by atoms with E-state index in [1.165, 1.54) is 0 Å². The number of carboxylic acid groups (broad SMARTS) is 1. The van der Waals surface area contributed by atoms with Crippen molar-refractivity contribution in [2.75, 3.05) is 19.8 Å². The third-order valence-electron chi connectivity index (χ3n) is 3.45. The highest BCUT2D eigenvalue weighted by Crippen LogP contribution is 2.26. The van der Waals surface area contributed by atoms with Gasteiger partial charge in [-0.05, 0) is 37.3 Å². The number of benzene rings is 1. The van der Waals surface area contributed by atoms with Crippen molar-refractivity contribution >= 4 is 12.0 Å². The molecule has 1 fully saturated rings. The largest absolute Gasteiger partial charge is 0.492 e. The van der Waals surface area contributed by atoms with Crippen LogP contribution >= 0.6 is 0 Å². The SMILES string of the molecule is Cc1cccc(/C=C/C(=O)O)c1OCC1CCOCC1. The Morgan fingerprint density at radius 3 is 2.90 bits per heavy atom. The number of hydrogen-bond acceptors (Lipinski definition) is 3. The molecule has 1 aromatic carbocycles. The van der Waals surface area contributed by atoms with Gasteiger partial charge in [0.05, 0.1) is 6.61 Å².